The monoisotopic (exact) mass is 249 g/mol. The van der Waals surface area contributed by atoms with Crippen LogP contribution in [0.15, 0.2) is 12.3 Å². The molecule has 5 nitrogen and oxygen atoms in total. The van der Waals surface area contributed by atoms with Crippen LogP contribution in [0, 0.1) is 5.92 Å². The Morgan fingerprint density at radius 2 is 2.17 bits per heavy atom. The van der Waals surface area contributed by atoms with Crippen molar-refractivity contribution in [2.75, 3.05) is 38.6 Å². The lowest BCUT2D eigenvalue weighted by molar-refractivity contribution is 0.222. The van der Waals surface area contributed by atoms with Gasteiger partial charge in [-0.2, -0.15) is 0 Å². The second kappa shape index (κ2) is 6.11. The highest BCUT2D eigenvalue weighted by atomic mass is 15.2. The second-order valence-corrected chi connectivity index (χ2v) is 5.18. The Bertz CT molecular complexity index is 373. The average molecular weight is 249 g/mol. The molecule has 5 heteroatoms. The molecular weight excluding hydrogens is 226 g/mol. The summed E-state index contributed by atoms with van der Waals surface area (Å²) in [4.78, 5) is 13.3. The van der Waals surface area contributed by atoms with Gasteiger partial charge in [-0.15, -0.1) is 0 Å². The summed E-state index contributed by atoms with van der Waals surface area (Å²) in [7, 11) is 4.25. The van der Waals surface area contributed by atoms with E-state index in [1.54, 1.807) is 6.20 Å². The first kappa shape index (κ1) is 13.2. The van der Waals surface area contributed by atoms with Crippen molar-refractivity contribution in [1.82, 2.24) is 14.9 Å². The average Bonchev–Trinajstić information content (AvgIpc) is 2.41. The van der Waals surface area contributed by atoms with Gasteiger partial charge in [-0.05, 0) is 45.0 Å². The van der Waals surface area contributed by atoms with Crippen molar-refractivity contribution in [2.24, 2.45) is 11.7 Å². The van der Waals surface area contributed by atoms with Gasteiger partial charge in [-0.3, -0.25) is 0 Å². The fourth-order valence-corrected chi connectivity index (χ4v) is 2.40. The molecule has 0 aliphatic carbocycles. The molecular formula is C13H23N5. The Kier molecular flexibility index (Phi) is 4.49. The minimum atomic E-state index is 0.470. The van der Waals surface area contributed by atoms with Gasteiger partial charge in [0.15, 0.2) is 0 Å². The molecule has 0 amide bonds. The van der Waals surface area contributed by atoms with Crippen LogP contribution in [0.2, 0.25) is 0 Å². The lowest BCUT2D eigenvalue weighted by Gasteiger charge is -2.31. The second-order valence-electron chi connectivity index (χ2n) is 5.18. The first-order valence-electron chi connectivity index (χ1n) is 6.60. The Morgan fingerprint density at radius 1 is 1.44 bits per heavy atom. The largest absolute Gasteiger partial charge is 0.344 e. The topological polar surface area (TPSA) is 58.3 Å². The molecule has 1 saturated heterocycles. The third kappa shape index (κ3) is 3.40. The molecule has 0 unspecified atom stereocenters. The van der Waals surface area contributed by atoms with E-state index in [4.69, 9.17) is 5.73 Å². The number of rotatable bonds is 4. The van der Waals surface area contributed by atoms with Crippen LogP contribution < -0.4 is 10.6 Å². The van der Waals surface area contributed by atoms with Crippen LogP contribution in [0.5, 0.6) is 0 Å². The van der Waals surface area contributed by atoms with Gasteiger partial charge in [0.2, 0.25) is 5.95 Å². The molecule has 1 fully saturated rings. The zero-order valence-corrected chi connectivity index (χ0v) is 11.3. The van der Waals surface area contributed by atoms with E-state index in [0.717, 1.165) is 24.1 Å². The molecule has 1 aliphatic heterocycles. The third-order valence-corrected chi connectivity index (χ3v) is 3.62. The number of likely N-dealkylation sites (tertiary alicyclic amines) is 1. The highest BCUT2D eigenvalue weighted by molar-refractivity contribution is 5.28. The molecule has 1 aliphatic rings. The fraction of sp³-hybridized carbons (Fsp3) is 0.692. The normalized spacial score (nSPS) is 17.9. The first-order valence-corrected chi connectivity index (χ1v) is 6.60. The predicted octanol–water partition coefficient (Wildman–Crippen LogP) is 0.713. The molecule has 0 spiro atoms. The minimum absolute atomic E-state index is 0.470. The molecule has 1 aromatic rings. The van der Waals surface area contributed by atoms with Crippen molar-refractivity contribution in [3.63, 3.8) is 0 Å². The van der Waals surface area contributed by atoms with E-state index in [1.807, 2.05) is 6.07 Å². The van der Waals surface area contributed by atoms with Gasteiger partial charge in [-0.25, -0.2) is 9.97 Å². The summed E-state index contributed by atoms with van der Waals surface area (Å²) in [5, 5.41) is 0. The molecule has 18 heavy (non-hydrogen) atoms. The number of piperidine rings is 1. The quantitative estimate of drug-likeness (QED) is 0.852. The smallest absolute Gasteiger partial charge is 0.225 e. The molecule has 2 N–H and O–H groups in total. The molecule has 0 saturated carbocycles. The standard InChI is InChI=1S/C13H23N5/c1-17-7-4-11(5-8-17)10-18(2)13-15-6-3-12(9-14)16-13/h3,6,11H,4-5,7-10,14H2,1-2H3. The van der Waals surface area contributed by atoms with Crippen LogP contribution in [0.4, 0.5) is 5.95 Å². The van der Waals surface area contributed by atoms with E-state index in [0.29, 0.717) is 6.54 Å². The number of nitrogens with two attached hydrogens (primary N) is 1. The first-order chi connectivity index (χ1) is 8.69. The van der Waals surface area contributed by atoms with Gasteiger partial charge in [0.05, 0.1) is 5.69 Å². The highest BCUT2D eigenvalue weighted by Gasteiger charge is 2.19. The molecule has 100 valence electrons. The zero-order chi connectivity index (χ0) is 13.0. The summed E-state index contributed by atoms with van der Waals surface area (Å²) in [6.07, 6.45) is 4.31. The van der Waals surface area contributed by atoms with E-state index in [1.165, 1.54) is 25.9 Å². The lowest BCUT2D eigenvalue weighted by atomic mass is 9.97. The van der Waals surface area contributed by atoms with Gasteiger partial charge < -0.3 is 15.5 Å². The molecule has 0 atom stereocenters. The number of anilines is 1. The van der Waals surface area contributed by atoms with E-state index in [2.05, 4.69) is 33.9 Å². The van der Waals surface area contributed by atoms with E-state index in [-0.39, 0.29) is 0 Å². The third-order valence-electron chi connectivity index (χ3n) is 3.62. The summed E-state index contributed by atoms with van der Waals surface area (Å²) >= 11 is 0. The zero-order valence-electron chi connectivity index (χ0n) is 11.3. The summed E-state index contributed by atoms with van der Waals surface area (Å²) in [5.74, 6) is 1.54. The van der Waals surface area contributed by atoms with E-state index < -0.39 is 0 Å². The molecule has 0 bridgehead atoms. The van der Waals surface area contributed by atoms with Gasteiger partial charge >= 0.3 is 0 Å². The van der Waals surface area contributed by atoms with Crippen LogP contribution in [0.25, 0.3) is 0 Å². The fourth-order valence-electron chi connectivity index (χ4n) is 2.40. The van der Waals surface area contributed by atoms with Crippen molar-refractivity contribution in [3.05, 3.63) is 18.0 Å². The summed E-state index contributed by atoms with van der Waals surface area (Å²) in [6, 6.07) is 1.87. The van der Waals surface area contributed by atoms with Crippen LogP contribution in [0.1, 0.15) is 18.5 Å². The maximum Gasteiger partial charge on any atom is 0.225 e. The van der Waals surface area contributed by atoms with E-state index in [9.17, 15) is 0 Å². The highest BCUT2D eigenvalue weighted by Crippen LogP contribution is 2.18. The van der Waals surface area contributed by atoms with Crippen molar-refractivity contribution in [2.45, 2.75) is 19.4 Å². The van der Waals surface area contributed by atoms with Gasteiger partial charge in [-0.1, -0.05) is 0 Å². The van der Waals surface area contributed by atoms with Crippen LogP contribution >= 0.6 is 0 Å². The Hall–Kier alpha value is -1.20. The SMILES string of the molecule is CN1CCC(CN(C)c2nccc(CN)n2)CC1. The van der Waals surface area contributed by atoms with E-state index >= 15 is 0 Å². The summed E-state index contributed by atoms with van der Waals surface area (Å²) in [5.41, 5.74) is 6.50. The summed E-state index contributed by atoms with van der Waals surface area (Å²) in [6.45, 7) is 3.89. The summed E-state index contributed by atoms with van der Waals surface area (Å²) < 4.78 is 0. The van der Waals surface area contributed by atoms with Crippen LogP contribution in [-0.4, -0.2) is 48.6 Å². The number of nitrogens with zero attached hydrogens (tertiary/aromatic N) is 4. The van der Waals surface area contributed by atoms with Crippen molar-refractivity contribution in [1.29, 1.82) is 0 Å². The van der Waals surface area contributed by atoms with Crippen molar-refractivity contribution in [3.8, 4) is 0 Å². The van der Waals surface area contributed by atoms with Crippen LogP contribution in [0.3, 0.4) is 0 Å². The Labute approximate surface area is 109 Å². The molecule has 2 heterocycles. The lowest BCUT2D eigenvalue weighted by Crippen LogP contribution is -2.36. The van der Waals surface area contributed by atoms with Gasteiger partial charge in [0, 0.05) is 26.3 Å². The molecule has 0 radical (unpaired) electrons. The van der Waals surface area contributed by atoms with Crippen molar-refractivity contribution < 1.29 is 0 Å². The number of hydrogen-bond donors (Lipinski definition) is 1. The van der Waals surface area contributed by atoms with Gasteiger partial charge in [0.25, 0.3) is 0 Å². The maximum absolute atomic E-state index is 5.60. The molecule has 1 aromatic heterocycles. The maximum atomic E-state index is 5.60. The number of aromatic nitrogens is 2. The Balaban J connectivity index is 1.92. The minimum Gasteiger partial charge on any atom is -0.344 e. The van der Waals surface area contributed by atoms with Gasteiger partial charge in [0.1, 0.15) is 0 Å². The van der Waals surface area contributed by atoms with Crippen molar-refractivity contribution >= 4 is 5.95 Å². The van der Waals surface area contributed by atoms with Crippen LogP contribution in [-0.2, 0) is 6.54 Å². The number of hydrogen-bond acceptors (Lipinski definition) is 5. The predicted molar refractivity (Wildman–Crippen MR) is 73.4 cm³/mol. The molecule has 0 aromatic carbocycles. The molecule has 2 rings (SSSR count). The Morgan fingerprint density at radius 3 is 2.83 bits per heavy atom.